The van der Waals surface area contributed by atoms with Crippen LogP contribution in [-0.2, 0) is 0 Å². The second-order valence-corrected chi connectivity index (χ2v) is 6.05. The van der Waals surface area contributed by atoms with Crippen LogP contribution in [0.5, 0.6) is 0 Å². The molecule has 0 bridgehead atoms. The maximum atomic E-state index is 4.65. The average Bonchev–Trinajstić information content (AvgIpc) is 3.22. The third-order valence-corrected chi connectivity index (χ3v) is 4.51. The van der Waals surface area contributed by atoms with E-state index in [2.05, 4.69) is 58.8 Å². The molecule has 3 heteroatoms. The van der Waals surface area contributed by atoms with E-state index in [1.807, 2.05) is 6.20 Å². The fraction of sp³-hybridized carbons (Fsp3) is 0.333. The molecule has 1 aliphatic rings. The summed E-state index contributed by atoms with van der Waals surface area (Å²) in [6.07, 6.45) is 8.38. The summed E-state index contributed by atoms with van der Waals surface area (Å²) in [5.41, 5.74) is 4.83. The quantitative estimate of drug-likeness (QED) is 0.723. The molecule has 0 N–H and O–H groups in total. The molecule has 2 aromatic heterocycles. The number of nitrogens with zero attached hydrogens (tertiary/aromatic N) is 3. The van der Waals surface area contributed by atoms with Crippen LogP contribution in [0.3, 0.4) is 0 Å². The van der Waals surface area contributed by atoms with Gasteiger partial charge in [0.25, 0.3) is 0 Å². The maximum absolute atomic E-state index is 4.65. The van der Waals surface area contributed by atoms with Crippen LogP contribution in [0.2, 0.25) is 0 Å². The van der Waals surface area contributed by atoms with Gasteiger partial charge in [-0.3, -0.25) is 9.97 Å². The third kappa shape index (κ3) is 2.04. The number of hydrogen-bond donors (Lipinski definition) is 0. The molecule has 0 saturated heterocycles. The first-order chi connectivity index (χ1) is 10.3. The molecule has 1 unspecified atom stereocenters. The van der Waals surface area contributed by atoms with Crippen LogP contribution in [-0.4, -0.2) is 14.5 Å². The molecule has 4 rings (SSSR count). The lowest BCUT2D eigenvalue weighted by atomic mass is 10.1. The summed E-state index contributed by atoms with van der Waals surface area (Å²) in [6, 6.07) is 9.03. The Bertz CT molecular complexity index is 799. The number of aromatic nitrogens is 3. The Balaban J connectivity index is 1.93. The van der Waals surface area contributed by atoms with Crippen molar-refractivity contribution in [3.05, 3.63) is 59.8 Å². The van der Waals surface area contributed by atoms with Gasteiger partial charge in [0, 0.05) is 18.6 Å². The van der Waals surface area contributed by atoms with Gasteiger partial charge < -0.3 is 4.57 Å². The molecule has 0 amide bonds. The minimum Gasteiger partial charge on any atom is -0.338 e. The third-order valence-electron chi connectivity index (χ3n) is 4.51. The van der Waals surface area contributed by atoms with Crippen LogP contribution in [0.15, 0.2) is 42.9 Å². The van der Waals surface area contributed by atoms with E-state index in [0.29, 0.717) is 12.0 Å². The molecule has 1 saturated carbocycles. The summed E-state index contributed by atoms with van der Waals surface area (Å²) in [5.74, 6) is 0.690. The molecule has 106 valence electrons. The lowest BCUT2D eigenvalue weighted by Gasteiger charge is -2.21. The van der Waals surface area contributed by atoms with Crippen molar-refractivity contribution in [1.29, 1.82) is 0 Å². The Hall–Kier alpha value is -2.16. The topological polar surface area (TPSA) is 30.7 Å². The Morgan fingerprint density at radius 3 is 2.67 bits per heavy atom. The fourth-order valence-electron chi connectivity index (χ4n) is 3.34. The molecule has 2 heterocycles. The van der Waals surface area contributed by atoms with Gasteiger partial charge >= 0.3 is 0 Å². The number of fused-ring (bicyclic) bond motifs is 1. The predicted octanol–water partition coefficient (Wildman–Crippen LogP) is 4.05. The Morgan fingerprint density at radius 2 is 1.90 bits per heavy atom. The molecule has 3 aromatic rings. The summed E-state index contributed by atoms with van der Waals surface area (Å²) in [5, 5.41) is 1.31. The second-order valence-electron chi connectivity index (χ2n) is 6.05. The minimum atomic E-state index is 0.317. The largest absolute Gasteiger partial charge is 0.338 e. The normalized spacial score (nSPS) is 16.3. The molecule has 1 atom stereocenters. The van der Waals surface area contributed by atoms with Crippen LogP contribution >= 0.6 is 0 Å². The Morgan fingerprint density at radius 1 is 1.10 bits per heavy atom. The summed E-state index contributed by atoms with van der Waals surface area (Å²) < 4.78 is 2.42. The van der Waals surface area contributed by atoms with E-state index in [1.54, 1.807) is 6.20 Å². The van der Waals surface area contributed by atoms with Gasteiger partial charge in [-0.25, -0.2) is 0 Å². The van der Waals surface area contributed by atoms with Crippen molar-refractivity contribution in [2.45, 2.75) is 32.7 Å². The van der Waals surface area contributed by atoms with E-state index in [0.717, 1.165) is 11.4 Å². The highest BCUT2D eigenvalue weighted by molar-refractivity contribution is 5.83. The monoisotopic (exact) mass is 277 g/mol. The van der Waals surface area contributed by atoms with E-state index in [9.17, 15) is 0 Å². The number of hydrogen-bond acceptors (Lipinski definition) is 2. The van der Waals surface area contributed by atoms with Crippen molar-refractivity contribution < 1.29 is 0 Å². The lowest BCUT2D eigenvalue weighted by Crippen LogP contribution is -2.16. The molecule has 1 aromatic carbocycles. The first-order valence-electron chi connectivity index (χ1n) is 7.59. The average molecular weight is 277 g/mol. The van der Waals surface area contributed by atoms with Gasteiger partial charge in [0.15, 0.2) is 0 Å². The smallest absolute Gasteiger partial charge is 0.0846 e. The van der Waals surface area contributed by atoms with E-state index < -0.39 is 0 Å². The minimum absolute atomic E-state index is 0.317. The first-order valence-corrected chi connectivity index (χ1v) is 7.59. The number of para-hydroxylation sites is 1. The Labute approximate surface area is 124 Å². The zero-order valence-electron chi connectivity index (χ0n) is 12.5. The van der Waals surface area contributed by atoms with Gasteiger partial charge in [-0.1, -0.05) is 18.2 Å². The molecule has 0 radical (unpaired) electrons. The fourth-order valence-corrected chi connectivity index (χ4v) is 3.34. The molecule has 1 aliphatic carbocycles. The standard InChI is InChI=1S/C18H19N3/c1-12-4-3-5-14-8-11-21(17(12)14)18(15-6-7-15)16-13(2)19-9-10-20-16/h3-5,8-11,15,18H,6-7H2,1-2H3. The van der Waals surface area contributed by atoms with Crippen LogP contribution in [0.4, 0.5) is 0 Å². The first kappa shape index (κ1) is 12.6. The lowest BCUT2D eigenvalue weighted by molar-refractivity contribution is 0.516. The zero-order chi connectivity index (χ0) is 14.4. The van der Waals surface area contributed by atoms with Gasteiger partial charge in [0.05, 0.1) is 22.9 Å². The maximum Gasteiger partial charge on any atom is 0.0846 e. The summed E-state index contributed by atoms with van der Waals surface area (Å²) in [6.45, 7) is 4.25. The van der Waals surface area contributed by atoms with Gasteiger partial charge in [0.1, 0.15) is 0 Å². The van der Waals surface area contributed by atoms with Gasteiger partial charge in [0.2, 0.25) is 0 Å². The van der Waals surface area contributed by atoms with Crippen molar-refractivity contribution >= 4 is 10.9 Å². The molecule has 3 nitrogen and oxygen atoms in total. The van der Waals surface area contributed by atoms with E-state index in [1.165, 1.54) is 29.3 Å². The molecule has 21 heavy (non-hydrogen) atoms. The van der Waals surface area contributed by atoms with Crippen LogP contribution in [0.25, 0.3) is 10.9 Å². The molecule has 0 aliphatic heterocycles. The SMILES string of the molecule is Cc1nccnc1C(C1CC1)n1ccc2cccc(C)c21. The molecular weight excluding hydrogens is 258 g/mol. The van der Waals surface area contributed by atoms with Gasteiger partial charge in [-0.2, -0.15) is 0 Å². The summed E-state index contributed by atoms with van der Waals surface area (Å²) in [7, 11) is 0. The molecule has 1 fully saturated rings. The molecule has 0 spiro atoms. The summed E-state index contributed by atoms with van der Waals surface area (Å²) >= 11 is 0. The number of benzene rings is 1. The Kier molecular flexibility index (Phi) is 2.81. The second kappa shape index (κ2) is 4.69. The van der Waals surface area contributed by atoms with Gasteiger partial charge in [-0.15, -0.1) is 0 Å². The van der Waals surface area contributed by atoms with E-state index >= 15 is 0 Å². The summed E-state index contributed by atoms with van der Waals surface area (Å²) in [4.78, 5) is 9.10. The van der Waals surface area contributed by atoms with E-state index in [-0.39, 0.29) is 0 Å². The highest BCUT2D eigenvalue weighted by Crippen LogP contribution is 2.45. The highest BCUT2D eigenvalue weighted by atomic mass is 15.0. The van der Waals surface area contributed by atoms with Crippen molar-refractivity contribution in [2.75, 3.05) is 0 Å². The van der Waals surface area contributed by atoms with Crippen LogP contribution in [0.1, 0.15) is 35.8 Å². The van der Waals surface area contributed by atoms with Crippen LogP contribution in [0, 0.1) is 19.8 Å². The van der Waals surface area contributed by atoms with Crippen molar-refractivity contribution in [3.63, 3.8) is 0 Å². The number of aryl methyl sites for hydroxylation is 2. The van der Waals surface area contributed by atoms with Gasteiger partial charge in [-0.05, 0) is 49.6 Å². The zero-order valence-corrected chi connectivity index (χ0v) is 12.5. The predicted molar refractivity (Wildman–Crippen MR) is 84.3 cm³/mol. The van der Waals surface area contributed by atoms with Crippen molar-refractivity contribution in [2.24, 2.45) is 5.92 Å². The molecular formula is C18H19N3. The van der Waals surface area contributed by atoms with Crippen LogP contribution < -0.4 is 0 Å². The number of rotatable bonds is 3. The highest BCUT2D eigenvalue weighted by Gasteiger charge is 2.36. The van der Waals surface area contributed by atoms with Crippen molar-refractivity contribution in [1.82, 2.24) is 14.5 Å². The van der Waals surface area contributed by atoms with Crippen molar-refractivity contribution in [3.8, 4) is 0 Å². The van der Waals surface area contributed by atoms with E-state index in [4.69, 9.17) is 0 Å².